The van der Waals surface area contributed by atoms with Crippen molar-refractivity contribution in [1.82, 2.24) is 14.8 Å². The van der Waals surface area contributed by atoms with Gasteiger partial charge < -0.3 is 21.0 Å². The third kappa shape index (κ3) is 3.68. The van der Waals surface area contributed by atoms with Crippen molar-refractivity contribution in [2.45, 2.75) is 31.3 Å². The summed E-state index contributed by atoms with van der Waals surface area (Å²) in [5.41, 5.74) is 14.2. The van der Waals surface area contributed by atoms with Gasteiger partial charge in [-0.25, -0.2) is 5.01 Å². The van der Waals surface area contributed by atoms with E-state index in [1.807, 2.05) is 41.1 Å². The zero-order valence-electron chi connectivity index (χ0n) is 17.9. The molecule has 0 unspecified atom stereocenters. The van der Waals surface area contributed by atoms with E-state index in [1.54, 1.807) is 0 Å². The number of hydrogen-bond donors (Lipinski definition) is 2. The Morgan fingerprint density at radius 2 is 1.58 bits per heavy atom. The van der Waals surface area contributed by atoms with Gasteiger partial charge in [0.05, 0.1) is 11.2 Å². The van der Waals surface area contributed by atoms with Crippen molar-refractivity contribution >= 4 is 17.5 Å². The van der Waals surface area contributed by atoms with E-state index < -0.39 is 5.54 Å². The Morgan fingerprint density at radius 3 is 2.23 bits per heavy atom. The molecule has 2 aliphatic heterocycles. The lowest BCUT2D eigenvalue weighted by Crippen LogP contribution is -2.62. The van der Waals surface area contributed by atoms with E-state index in [1.165, 1.54) is 5.56 Å². The third-order valence-corrected chi connectivity index (χ3v) is 6.82. The van der Waals surface area contributed by atoms with Crippen LogP contribution in [0.25, 0.3) is 11.1 Å². The minimum absolute atomic E-state index is 0.0157. The second-order valence-corrected chi connectivity index (χ2v) is 9.01. The number of hydrazine groups is 1. The number of nitrogens with two attached hydrogens (primary N) is 1. The van der Waals surface area contributed by atoms with Gasteiger partial charge in [-0.2, -0.15) is 0 Å². The zero-order valence-corrected chi connectivity index (χ0v) is 17.9. The van der Waals surface area contributed by atoms with Gasteiger partial charge in [0.25, 0.3) is 5.91 Å². The molecule has 2 aromatic carbocycles. The molecule has 7 nitrogen and oxygen atoms in total. The molecule has 1 saturated carbocycles. The largest absolute Gasteiger partial charge is 0.338 e. The number of nitrogens with zero attached hydrogens (tertiary/aromatic N) is 3. The van der Waals surface area contributed by atoms with Gasteiger partial charge in [0, 0.05) is 45.3 Å². The first-order valence-electron chi connectivity index (χ1n) is 11.0. The van der Waals surface area contributed by atoms with Crippen molar-refractivity contribution in [3.05, 3.63) is 53.6 Å². The smallest absolute Gasteiger partial charge is 0.253 e. The summed E-state index contributed by atoms with van der Waals surface area (Å²) in [4.78, 5) is 29.2. The van der Waals surface area contributed by atoms with Crippen LogP contribution in [-0.2, 0) is 11.3 Å². The van der Waals surface area contributed by atoms with E-state index in [0.717, 1.165) is 42.6 Å². The Balaban J connectivity index is 1.22. The molecule has 3 aliphatic rings. The number of nitrogens with one attached hydrogen (secondary N) is 1. The van der Waals surface area contributed by atoms with Crippen molar-refractivity contribution in [2.24, 2.45) is 5.73 Å². The fourth-order valence-corrected chi connectivity index (χ4v) is 4.69. The molecule has 31 heavy (non-hydrogen) atoms. The molecule has 2 heterocycles. The summed E-state index contributed by atoms with van der Waals surface area (Å²) in [7, 11) is 2.03. The number of amides is 2. The topological polar surface area (TPSA) is 81.9 Å². The maximum Gasteiger partial charge on any atom is 0.253 e. The summed E-state index contributed by atoms with van der Waals surface area (Å²) >= 11 is 0. The standard InChI is InChI=1S/C24H29N5O2/c1-27-16-20-8-7-19(15-21(20)26-27)17-3-5-18(6-4-17)22(30)28-11-13-29(14-12-28)23(31)24(25)9-2-10-24/h3-8,15,26H,2,9-14,16,25H2,1H3. The fraction of sp³-hybridized carbons (Fsp3) is 0.417. The SMILES string of the molecule is CN1Cc2ccc(-c3ccc(C(=O)N4CCN(C(=O)C5(N)CCC5)CC4)cc3)cc2N1. The number of rotatable bonds is 3. The fourth-order valence-electron chi connectivity index (χ4n) is 4.69. The number of hydrogen-bond acceptors (Lipinski definition) is 5. The highest BCUT2D eigenvalue weighted by Gasteiger charge is 2.43. The average Bonchev–Trinajstić information content (AvgIpc) is 3.16. The second-order valence-electron chi connectivity index (χ2n) is 9.01. The predicted molar refractivity (Wildman–Crippen MR) is 120 cm³/mol. The van der Waals surface area contributed by atoms with Gasteiger partial charge in [0.1, 0.15) is 0 Å². The quantitative estimate of drug-likeness (QED) is 0.798. The van der Waals surface area contributed by atoms with Crippen molar-refractivity contribution in [3.8, 4) is 11.1 Å². The van der Waals surface area contributed by atoms with Gasteiger partial charge in [0.2, 0.25) is 5.91 Å². The molecule has 162 valence electrons. The molecule has 0 radical (unpaired) electrons. The van der Waals surface area contributed by atoms with Crippen LogP contribution >= 0.6 is 0 Å². The highest BCUT2D eigenvalue weighted by atomic mass is 16.2. The first-order chi connectivity index (χ1) is 14.9. The van der Waals surface area contributed by atoms with E-state index in [9.17, 15) is 9.59 Å². The summed E-state index contributed by atoms with van der Waals surface area (Å²) < 4.78 is 0. The summed E-state index contributed by atoms with van der Waals surface area (Å²) in [5.74, 6) is 0.0623. The van der Waals surface area contributed by atoms with E-state index in [2.05, 4.69) is 28.6 Å². The molecule has 5 rings (SSSR count). The minimum Gasteiger partial charge on any atom is -0.338 e. The third-order valence-electron chi connectivity index (χ3n) is 6.82. The van der Waals surface area contributed by atoms with E-state index in [0.29, 0.717) is 31.7 Å². The Bertz CT molecular complexity index is 1010. The Labute approximate surface area is 182 Å². The van der Waals surface area contributed by atoms with Gasteiger partial charge >= 0.3 is 0 Å². The first kappa shape index (κ1) is 20.0. The van der Waals surface area contributed by atoms with Crippen LogP contribution in [0.3, 0.4) is 0 Å². The van der Waals surface area contributed by atoms with Crippen LogP contribution < -0.4 is 11.2 Å². The molecule has 1 aliphatic carbocycles. The van der Waals surface area contributed by atoms with Crippen LogP contribution in [0.5, 0.6) is 0 Å². The maximum atomic E-state index is 13.0. The molecule has 0 bridgehead atoms. The van der Waals surface area contributed by atoms with Gasteiger partial charge in [-0.3, -0.25) is 9.59 Å². The summed E-state index contributed by atoms with van der Waals surface area (Å²) in [6, 6.07) is 14.2. The lowest BCUT2D eigenvalue weighted by molar-refractivity contribution is -0.141. The average molecular weight is 420 g/mol. The molecular formula is C24H29N5O2. The zero-order chi connectivity index (χ0) is 21.6. The lowest BCUT2D eigenvalue weighted by Gasteiger charge is -2.43. The van der Waals surface area contributed by atoms with Crippen molar-refractivity contribution in [1.29, 1.82) is 0 Å². The van der Waals surface area contributed by atoms with Crippen LogP contribution in [-0.4, -0.2) is 65.4 Å². The monoisotopic (exact) mass is 419 g/mol. The van der Waals surface area contributed by atoms with E-state index in [-0.39, 0.29) is 11.8 Å². The summed E-state index contributed by atoms with van der Waals surface area (Å²) in [6.45, 7) is 3.10. The molecule has 0 atom stereocenters. The normalized spacial score (nSPS) is 20.1. The van der Waals surface area contributed by atoms with Gasteiger partial charge in [-0.15, -0.1) is 0 Å². The molecule has 2 aromatic rings. The van der Waals surface area contributed by atoms with E-state index in [4.69, 9.17) is 5.73 Å². The number of fused-ring (bicyclic) bond motifs is 1. The Kier molecular flexibility index (Phi) is 4.95. The molecule has 7 heteroatoms. The van der Waals surface area contributed by atoms with Crippen molar-refractivity contribution < 1.29 is 9.59 Å². The lowest BCUT2D eigenvalue weighted by atomic mass is 9.76. The molecule has 0 spiro atoms. The molecule has 2 fully saturated rings. The van der Waals surface area contributed by atoms with Crippen LogP contribution in [0.1, 0.15) is 35.2 Å². The maximum absolute atomic E-state index is 13.0. The van der Waals surface area contributed by atoms with Crippen LogP contribution in [0.4, 0.5) is 5.69 Å². The number of carbonyl (C=O) groups excluding carboxylic acids is 2. The Hall–Kier alpha value is -2.90. The van der Waals surface area contributed by atoms with Gasteiger partial charge in [0.15, 0.2) is 0 Å². The molecule has 0 aromatic heterocycles. The predicted octanol–water partition coefficient (Wildman–Crippen LogP) is 2.29. The first-order valence-corrected chi connectivity index (χ1v) is 11.0. The second kappa shape index (κ2) is 7.66. The number of anilines is 1. The number of carbonyl (C=O) groups is 2. The van der Waals surface area contributed by atoms with Crippen LogP contribution in [0, 0.1) is 0 Å². The highest BCUT2D eigenvalue weighted by Crippen LogP contribution is 2.32. The molecule has 3 N–H and O–H groups in total. The van der Waals surface area contributed by atoms with Crippen molar-refractivity contribution in [3.63, 3.8) is 0 Å². The van der Waals surface area contributed by atoms with E-state index >= 15 is 0 Å². The molecular weight excluding hydrogens is 390 g/mol. The van der Waals surface area contributed by atoms with Gasteiger partial charge in [-0.1, -0.05) is 24.3 Å². The highest BCUT2D eigenvalue weighted by molar-refractivity contribution is 5.95. The van der Waals surface area contributed by atoms with Crippen molar-refractivity contribution in [2.75, 3.05) is 38.7 Å². The van der Waals surface area contributed by atoms with Crippen LogP contribution in [0.2, 0.25) is 0 Å². The minimum atomic E-state index is -0.662. The number of piperazine rings is 1. The molecule has 1 saturated heterocycles. The van der Waals surface area contributed by atoms with Gasteiger partial charge in [-0.05, 0) is 54.2 Å². The summed E-state index contributed by atoms with van der Waals surface area (Å²) in [5, 5.41) is 2.06. The summed E-state index contributed by atoms with van der Waals surface area (Å²) in [6.07, 6.45) is 2.57. The number of benzene rings is 2. The van der Waals surface area contributed by atoms with Crippen LogP contribution in [0.15, 0.2) is 42.5 Å². The molecule has 2 amide bonds. The Morgan fingerprint density at radius 1 is 0.935 bits per heavy atom.